The number of pyridine rings is 1. The van der Waals surface area contributed by atoms with E-state index in [1.807, 2.05) is 24.3 Å². The number of aliphatic carboxylic acids is 1. The molecule has 2 atom stereocenters. The molecule has 3 aromatic rings. The molecule has 2 heterocycles. The average molecular weight is 422 g/mol. The standard InChI is InChI=1S/C23H26N4O4/c1-14(28)20(23(30)31)26-22(29)15-10-11-19-18(13-15)25-21(17-9-5-6-12-24-17)27(19)16-7-3-2-4-8-16/h5-6,9-14,16,20,28H,2-4,7-8H2,1H3,(H,26,29)(H,30,31)/t14?,20-/m0/s1. The zero-order valence-corrected chi connectivity index (χ0v) is 17.4. The van der Waals surface area contributed by atoms with Crippen LogP contribution in [0, 0.1) is 0 Å². The van der Waals surface area contributed by atoms with Gasteiger partial charge in [0.15, 0.2) is 11.9 Å². The molecule has 0 aliphatic heterocycles. The highest BCUT2D eigenvalue weighted by atomic mass is 16.4. The first-order chi connectivity index (χ1) is 15.0. The van der Waals surface area contributed by atoms with Gasteiger partial charge in [0.2, 0.25) is 0 Å². The van der Waals surface area contributed by atoms with Gasteiger partial charge in [-0.3, -0.25) is 9.78 Å². The van der Waals surface area contributed by atoms with Gasteiger partial charge in [0.25, 0.3) is 5.91 Å². The minimum atomic E-state index is -1.38. The summed E-state index contributed by atoms with van der Waals surface area (Å²) in [5, 5.41) is 21.2. The van der Waals surface area contributed by atoms with Crippen molar-refractivity contribution in [2.24, 2.45) is 0 Å². The highest BCUT2D eigenvalue weighted by molar-refractivity contribution is 5.99. The predicted molar refractivity (Wildman–Crippen MR) is 116 cm³/mol. The summed E-state index contributed by atoms with van der Waals surface area (Å²) in [6.45, 7) is 1.33. The molecule has 1 saturated carbocycles. The highest BCUT2D eigenvalue weighted by Gasteiger charge is 2.27. The normalized spacial score (nSPS) is 16.7. The lowest BCUT2D eigenvalue weighted by Crippen LogP contribution is -2.47. The van der Waals surface area contributed by atoms with E-state index in [1.165, 1.54) is 26.2 Å². The fourth-order valence-electron chi connectivity index (χ4n) is 4.24. The Balaban J connectivity index is 1.74. The monoisotopic (exact) mass is 422 g/mol. The summed E-state index contributed by atoms with van der Waals surface area (Å²) in [4.78, 5) is 33.2. The number of benzene rings is 1. The van der Waals surface area contributed by atoms with Gasteiger partial charge in [-0.05, 0) is 50.1 Å². The first-order valence-corrected chi connectivity index (χ1v) is 10.6. The fourth-order valence-corrected chi connectivity index (χ4v) is 4.24. The average Bonchev–Trinajstić information content (AvgIpc) is 3.16. The number of imidazole rings is 1. The Morgan fingerprint density at radius 3 is 2.58 bits per heavy atom. The van der Waals surface area contributed by atoms with Gasteiger partial charge < -0.3 is 20.1 Å². The Morgan fingerprint density at radius 1 is 1.16 bits per heavy atom. The van der Waals surface area contributed by atoms with E-state index in [9.17, 15) is 19.8 Å². The molecule has 8 nitrogen and oxygen atoms in total. The molecular formula is C23H26N4O4. The maximum absolute atomic E-state index is 12.6. The number of hydrogen-bond acceptors (Lipinski definition) is 5. The minimum absolute atomic E-state index is 0.292. The van der Waals surface area contributed by atoms with E-state index in [0.717, 1.165) is 29.9 Å². The number of rotatable bonds is 6. The zero-order chi connectivity index (χ0) is 22.0. The van der Waals surface area contributed by atoms with Crippen LogP contribution in [0.4, 0.5) is 0 Å². The van der Waals surface area contributed by atoms with Crippen LogP contribution < -0.4 is 5.32 Å². The quantitative estimate of drug-likeness (QED) is 0.562. The molecular weight excluding hydrogens is 396 g/mol. The Hall–Kier alpha value is -3.26. The molecule has 1 aliphatic rings. The van der Waals surface area contributed by atoms with Gasteiger partial charge in [-0.2, -0.15) is 0 Å². The summed E-state index contributed by atoms with van der Waals surface area (Å²) >= 11 is 0. The van der Waals surface area contributed by atoms with Gasteiger partial charge in [-0.25, -0.2) is 9.78 Å². The van der Waals surface area contributed by atoms with Crippen molar-refractivity contribution in [3.05, 3.63) is 48.2 Å². The third kappa shape index (κ3) is 4.29. The van der Waals surface area contributed by atoms with Crippen molar-refractivity contribution in [3.63, 3.8) is 0 Å². The van der Waals surface area contributed by atoms with Crippen LogP contribution in [0.3, 0.4) is 0 Å². The summed E-state index contributed by atoms with van der Waals surface area (Å²) in [5.41, 5.74) is 2.65. The second-order valence-corrected chi connectivity index (χ2v) is 8.05. The number of fused-ring (bicyclic) bond motifs is 1. The summed E-state index contributed by atoms with van der Waals surface area (Å²) in [6.07, 6.45) is 6.24. The number of carbonyl (C=O) groups excluding carboxylic acids is 1. The van der Waals surface area contributed by atoms with Crippen molar-refractivity contribution in [2.45, 2.75) is 57.2 Å². The predicted octanol–water partition coefficient (Wildman–Crippen LogP) is 3.17. The first kappa shape index (κ1) is 21.0. The van der Waals surface area contributed by atoms with Crippen molar-refractivity contribution < 1.29 is 19.8 Å². The largest absolute Gasteiger partial charge is 0.480 e. The van der Waals surface area contributed by atoms with E-state index in [-0.39, 0.29) is 0 Å². The third-order valence-corrected chi connectivity index (χ3v) is 5.82. The van der Waals surface area contributed by atoms with E-state index in [4.69, 9.17) is 4.98 Å². The van der Waals surface area contributed by atoms with E-state index in [1.54, 1.807) is 18.3 Å². The van der Waals surface area contributed by atoms with E-state index in [0.29, 0.717) is 17.1 Å². The van der Waals surface area contributed by atoms with E-state index < -0.39 is 24.0 Å². The van der Waals surface area contributed by atoms with Gasteiger partial charge in [0.1, 0.15) is 5.69 Å². The lowest BCUT2D eigenvalue weighted by Gasteiger charge is -2.25. The molecule has 1 amide bonds. The van der Waals surface area contributed by atoms with E-state index in [2.05, 4.69) is 14.9 Å². The number of aromatic nitrogens is 3. The zero-order valence-electron chi connectivity index (χ0n) is 17.4. The molecule has 31 heavy (non-hydrogen) atoms. The van der Waals surface area contributed by atoms with Crippen LogP contribution >= 0.6 is 0 Å². The maximum atomic E-state index is 12.6. The number of carboxylic acids is 1. The number of amides is 1. The molecule has 0 radical (unpaired) electrons. The lowest BCUT2D eigenvalue weighted by atomic mass is 9.95. The number of carbonyl (C=O) groups is 2. The molecule has 1 aromatic carbocycles. The molecule has 0 saturated heterocycles. The van der Waals surface area contributed by atoms with Crippen molar-refractivity contribution in [2.75, 3.05) is 0 Å². The summed E-state index contributed by atoms with van der Waals surface area (Å²) < 4.78 is 2.23. The summed E-state index contributed by atoms with van der Waals surface area (Å²) in [6, 6.07) is 9.84. The number of nitrogens with zero attached hydrogens (tertiary/aromatic N) is 3. The third-order valence-electron chi connectivity index (χ3n) is 5.82. The van der Waals surface area contributed by atoms with Crippen LogP contribution in [-0.4, -0.2) is 48.8 Å². The van der Waals surface area contributed by atoms with Gasteiger partial charge >= 0.3 is 5.97 Å². The highest BCUT2D eigenvalue weighted by Crippen LogP contribution is 2.35. The number of carboxylic acid groups (broad SMARTS) is 1. The number of aliphatic hydroxyl groups is 1. The Bertz CT molecular complexity index is 1090. The number of aliphatic hydroxyl groups excluding tert-OH is 1. The molecule has 1 aliphatic carbocycles. The Kier molecular flexibility index (Phi) is 5.99. The SMILES string of the molecule is CC(O)[C@H](NC(=O)c1ccc2c(c1)nc(-c1ccccn1)n2C1CCCCC1)C(=O)O. The Labute approximate surface area is 179 Å². The maximum Gasteiger partial charge on any atom is 0.328 e. The van der Waals surface area contributed by atoms with Gasteiger partial charge in [-0.1, -0.05) is 25.3 Å². The minimum Gasteiger partial charge on any atom is -0.480 e. The van der Waals surface area contributed by atoms with Crippen LogP contribution in [0.15, 0.2) is 42.6 Å². The topological polar surface area (TPSA) is 117 Å². The Morgan fingerprint density at radius 2 is 1.94 bits per heavy atom. The van der Waals surface area contributed by atoms with E-state index >= 15 is 0 Å². The van der Waals surface area contributed by atoms with Crippen LogP contribution in [0.2, 0.25) is 0 Å². The molecule has 0 bridgehead atoms. The van der Waals surface area contributed by atoms with Crippen LogP contribution in [0.1, 0.15) is 55.4 Å². The fraction of sp³-hybridized carbons (Fsp3) is 0.391. The molecule has 1 unspecified atom stereocenters. The van der Waals surface area contributed by atoms with Crippen molar-refractivity contribution in [1.29, 1.82) is 0 Å². The number of hydrogen-bond donors (Lipinski definition) is 3. The van der Waals surface area contributed by atoms with Crippen molar-refractivity contribution in [1.82, 2.24) is 19.9 Å². The lowest BCUT2D eigenvalue weighted by molar-refractivity contribution is -0.141. The molecule has 162 valence electrons. The molecule has 3 N–H and O–H groups in total. The van der Waals surface area contributed by atoms with Crippen LogP contribution in [0.25, 0.3) is 22.6 Å². The molecule has 8 heteroatoms. The molecule has 0 spiro atoms. The summed E-state index contributed by atoms with van der Waals surface area (Å²) in [7, 11) is 0. The van der Waals surface area contributed by atoms with Crippen LogP contribution in [0.5, 0.6) is 0 Å². The first-order valence-electron chi connectivity index (χ1n) is 10.6. The van der Waals surface area contributed by atoms with Crippen molar-refractivity contribution >= 4 is 22.9 Å². The molecule has 1 fully saturated rings. The van der Waals surface area contributed by atoms with Gasteiger partial charge in [0.05, 0.1) is 17.1 Å². The smallest absolute Gasteiger partial charge is 0.328 e. The second kappa shape index (κ2) is 8.85. The molecule has 2 aromatic heterocycles. The van der Waals surface area contributed by atoms with Gasteiger partial charge in [-0.15, -0.1) is 0 Å². The molecule has 4 rings (SSSR count). The summed E-state index contributed by atoms with van der Waals surface area (Å²) in [5.74, 6) is -1.09. The number of nitrogens with one attached hydrogen (secondary N) is 1. The van der Waals surface area contributed by atoms with Crippen molar-refractivity contribution in [3.8, 4) is 11.5 Å². The van der Waals surface area contributed by atoms with Gasteiger partial charge in [0, 0.05) is 17.8 Å². The second-order valence-electron chi connectivity index (χ2n) is 8.05. The van der Waals surface area contributed by atoms with Crippen LogP contribution in [-0.2, 0) is 4.79 Å².